The van der Waals surface area contributed by atoms with Gasteiger partial charge in [0, 0.05) is 19.3 Å². The zero-order valence-electron chi connectivity index (χ0n) is 10.0. The number of hydrogen-bond acceptors (Lipinski definition) is 5. The monoisotopic (exact) mass is 242 g/mol. The molecule has 0 aliphatic carbocycles. The van der Waals surface area contributed by atoms with Crippen LogP contribution >= 0.6 is 0 Å². The van der Waals surface area contributed by atoms with Crippen LogP contribution in [0, 0.1) is 0 Å². The SMILES string of the molecule is COCC(CO)NCc1ccc(C(=O)OC)[nH]1. The molecule has 0 saturated carbocycles. The minimum Gasteiger partial charge on any atom is -0.464 e. The number of carbonyl (C=O) groups excluding carboxylic acids is 1. The fourth-order valence-corrected chi connectivity index (χ4v) is 1.40. The third-order valence-electron chi connectivity index (χ3n) is 2.32. The molecule has 1 rings (SSSR count). The van der Waals surface area contributed by atoms with E-state index in [1.807, 2.05) is 0 Å². The Morgan fingerprint density at radius 3 is 2.88 bits per heavy atom. The van der Waals surface area contributed by atoms with Gasteiger partial charge in [-0.05, 0) is 12.1 Å². The normalized spacial score (nSPS) is 12.4. The number of carbonyl (C=O) groups is 1. The van der Waals surface area contributed by atoms with Crippen LogP contribution in [-0.4, -0.2) is 49.5 Å². The summed E-state index contributed by atoms with van der Waals surface area (Å²) < 4.78 is 9.52. The Morgan fingerprint density at radius 2 is 2.29 bits per heavy atom. The largest absolute Gasteiger partial charge is 0.464 e. The average molecular weight is 242 g/mol. The van der Waals surface area contributed by atoms with Crippen molar-refractivity contribution in [2.75, 3.05) is 27.4 Å². The smallest absolute Gasteiger partial charge is 0.354 e. The first-order valence-electron chi connectivity index (χ1n) is 5.30. The van der Waals surface area contributed by atoms with Crippen molar-refractivity contribution in [2.24, 2.45) is 0 Å². The molecule has 0 saturated heterocycles. The highest BCUT2D eigenvalue weighted by atomic mass is 16.5. The van der Waals surface area contributed by atoms with E-state index < -0.39 is 5.97 Å². The molecule has 1 heterocycles. The quantitative estimate of drug-likeness (QED) is 0.581. The van der Waals surface area contributed by atoms with Crippen molar-refractivity contribution in [3.63, 3.8) is 0 Å². The van der Waals surface area contributed by atoms with Crippen LogP contribution in [0.15, 0.2) is 12.1 Å². The number of methoxy groups -OCH3 is 2. The summed E-state index contributed by atoms with van der Waals surface area (Å²) in [6.07, 6.45) is 0. The Hall–Kier alpha value is -1.37. The van der Waals surface area contributed by atoms with Gasteiger partial charge < -0.3 is 24.9 Å². The molecule has 0 amide bonds. The van der Waals surface area contributed by atoms with Gasteiger partial charge in [-0.25, -0.2) is 4.79 Å². The van der Waals surface area contributed by atoms with Crippen molar-refractivity contribution in [3.8, 4) is 0 Å². The molecule has 96 valence electrons. The van der Waals surface area contributed by atoms with Crippen molar-refractivity contribution in [1.29, 1.82) is 0 Å². The molecule has 0 radical (unpaired) electrons. The lowest BCUT2D eigenvalue weighted by molar-refractivity contribution is 0.0594. The molecule has 3 N–H and O–H groups in total. The van der Waals surface area contributed by atoms with Crippen LogP contribution in [0.1, 0.15) is 16.2 Å². The Morgan fingerprint density at radius 1 is 1.53 bits per heavy atom. The van der Waals surface area contributed by atoms with Gasteiger partial charge in [-0.15, -0.1) is 0 Å². The van der Waals surface area contributed by atoms with Gasteiger partial charge in [-0.1, -0.05) is 0 Å². The third kappa shape index (κ3) is 4.18. The minimum absolute atomic E-state index is 0.00158. The van der Waals surface area contributed by atoms with E-state index in [2.05, 4.69) is 15.0 Å². The minimum atomic E-state index is -0.396. The van der Waals surface area contributed by atoms with E-state index in [1.54, 1.807) is 19.2 Å². The number of hydrogen-bond donors (Lipinski definition) is 3. The van der Waals surface area contributed by atoms with E-state index in [9.17, 15) is 4.79 Å². The summed E-state index contributed by atoms with van der Waals surface area (Å²) in [6, 6.07) is 3.33. The summed E-state index contributed by atoms with van der Waals surface area (Å²) in [5, 5.41) is 12.1. The summed E-state index contributed by atoms with van der Waals surface area (Å²) in [4.78, 5) is 14.1. The fourth-order valence-electron chi connectivity index (χ4n) is 1.40. The highest BCUT2D eigenvalue weighted by molar-refractivity contribution is 5.87. The van der Waals surface area contributed by atoms with Crippen LogP contribution in [0.25, 0.3) is 0 Å². The summed E-state index contributed by atoms with van der Waals surface area (Å²) in [6.45, 7) is 0.949. The van der Waals surface area contributed by atoms with Crippen molar-refractivity contribution in [1.82, 2.24) is 10.3 Å². The molecule has 0 fully saturated rings. The zero-order chi connectivity index (χ0) is 12.7. The van der Waals surface area contributed by atoms with Crippen LogP contribution in [0.5, 0.6) is 0 Å². The van der Waals surface area contributed by atoms with E-state index in [1.165, 1.54) is 7.11 Å². The topological polar surface area (TPSA) is 83.6 Å². The second-order valence-corrected chi connectivity index (χ2v) is 3.60. The van der Waals surface area contributed by atoms with Crippen LogP contribution in [-0.2, 0) is 16.0 Å². The predicted octanol–water partition coefficient (Wildman–Crippen LogP) is -0.102. The van der Waals surface area contributed by atoms with E-state index in [-0.39, 0.29) is 12.6 Å². The van der Waals surface area contributed by atoms with E-state index in [0.717, 1.165) is 5.69 Å². The van der Waals surface area contributed by atoms with Gasteiger partial charge in [-0.2, -0.15) is 0 Å². The Labute approximate surface area is 99.9 Å². The van der Waals surface area contributed by atoms with Gasteiger partial charge in [0.1, 0.15) is 5.69 Å². The number of esters is 1. The number of rotatable bonds is 7. The van der Waals surface area contributed by atoms with Crippen LogP contribution in [0.2, 0.25) is 0 Å². The molecule has 6 nitrogen and oxygen atoms in total. The first-order chi connectivity index (χ1) is 8.21. The molecule has 1 atom stereocenters. The molecule has 0 bridgehead atoms. The standard InChI is InChI=1S/C11H18N2O4/c1-16-7-9(6-14)12-5-8-3-4-10(13-8)11(15)17-2/h3-4,9,12-14H,5-7H2,1-2H3. The molecule has 1 unspecified atom stereocenters. The van der Waals surface area contributed by atoms with Crippen molar-refractivity contribution >= 4 is 5.97 Å². The predicted molar refractivity (Wildman–Crippen MR) is 61.7 cm³/mol. The molecule has 0 aliphatic heterocycles. The van der Waals surface area contributed by atoms with E-state index in [4.69, 9.17) is 9.84 Å². The molecular weight excluding hydrogens is 224 g/mol. The molecule has 0 aromatic carbocycles. The summed E-state index contributed by atoms with van der Waals surface area (Å²) in [5.41, 5.74) is 1.26. The third-order valence-corrected chi connectivity index (χ3v) is 2.32. The Bertz CT molecular complexity index is 351. The van der Waals surface area contributed by atoms with Crippen molar-refractivity contribution in [2.45, 2.75) is 12.6 Å². The number of aliphatic hydroxyl groups is 1. The fraction of sp³-hybridized carbons (Fsp3) is 0.545. The lowest BCUT2D eigenvalue weighted by Crippen LogP contribution is -2.36. The number of ether oxygens (including phenoxy) is 2. The van der Waals surface area contributed by atoms with Crippen molar-refractivity contribution in [3.05, 3.63) is 23.5 Å². The molecule has 17 heavy (non-hydrogen) atoms. The van der Waals surface area contributed by atoms with E-state index in [0.29, 0.717) is 18.8 Å². The van der Waals surface area contributed by atoms with Gasteiger partial charge in [0.25, 0.3) is 0 Å². The maximum Gasteiger partial charge on any atom is 0.354 e. The molecule has 0 spiro atoms. The number of aromatic amines is 1. The van der Waals surface area contributed by atoms with Crippen molar-refractivity contribution < 1.29 is 19.4 Å². The van der Waals surface area contributed by atoms with Crippen LogP contribution in [0.4, 0.5) is 0 Å². The summed E-state index contributed by atoms with van der Waals surface area (Å²) in [5.74, 6) is -0.396. The highest BCUT2D eigenvalue weighted by Gasteiger charge is 2.10. The second-order valence-electron chi connectivity index (χ2n) is 3.60. The molecule has 0 aliphatic rings. The maximum absolute atomic E-state index is 11.2. The molecular formula is C11H18N2O4. The van der Waals surface area contributed by atoms with Gasteiger partial charge in [0.05, 0.1) is 26.4 Å². The van der Waals surface area contributed by atoms with Gasteiger partial charge in [-0.3, -0.25) is 0 Å². The number of aromatic nitrogens is 1. The Balaban J connectivity index is 2.46. The first-order valence-corrected chi connectivity index (χ1v) is 5.30. The van der Waals surface area contributed by atoms with Gasteiger partial charge >= 0.3 is 5.97 Å². The maximum atomic E-state index is 11.2. The van der Waals surface area contributed by atoms with Gasteiger partial charge in [0.15, 0.2) is 0 Å². The Kier molecular flexibility index (Phi) is 5.68. The number of nitrogens with one attached hydrogen (secondary N) is 2. The molecule has 6 heteroatoms. The van der Waals surface area contributed by atoms with Gasteiger partial charge in [0.2, 0.25) is 0 Å². The van der Waals surface area contributed by atoms with Crippen LogP contribution < -0.4 is 5.32 Å². The van der Waals surface area contributed by atoms with E-state index >= 15 is 0 Å². The lowest BCUT2D eigenvalue weighted by atomic mass is 10.3. The molecule has 1 aromatic heterocycles. The van der Waals surface area contributed by atoms with Crippen LogP contribution in [0.3, 0.4) is 0 Å². The zero-order valence-corrected chi connectivity index (χ0v) is 10.0. The molecule has 1 aromatic rings. The highest BCUT2D eigenvalue weighted by Crippen LogP contribution is 2.03. The lowest BCUT2D eigenvalue weighted by Gasteiger charge is -2.14. The number of aliphatic hydroxyl groups excluding tert-OH is 1. The second kappa shape index (κ2) is 7.05. The summed E-state index contributed by atoms with van der Waals surface area (Å²) in [7, 11) is 2.91. The average Bonchev–Trinajstić information content (AvgIpc) is 2.82. The summed E-state index contributed by atoms with van der Waals surface area (Å²) >= 11 is 0. The first kappa shape index (κ1) is 13.7. The number of H-pyrrole nitrogens is 1.